The van der Waals surface area contributed by atoms with E-state index in [-0.39, 0.29) is 16.2 Å². The third-order valence-electron chi connectivity index (χ3n) is 2.96. The Morgan fingerprint density at radius 2 is 1.95 bits per heavy atom. The predicted octanol–water partition coefficient (Wildman–Crippen LogP) is 2.12. The van der Waals surface area contributed by atoms with Crippen LogP contribution >= 0.6 is 27.7 Å². The summed E-state index contributed by atoms with van der Waals surface area (Å²) >= 11 is 4.77. The molecule has 9 heteroatoms. The number of aromatic nitrogens is 3. The van der Waals surface area contributed by atoms with Crippen LogP contribution in [0.2, 0.25) is 0 Å². The molecule has 0 saturated heterocycles. The molecule has 1 heterocycles. The molecule has 0 aliphatic rings. The van der Waals surface area contributed by atoms with Crippen LogP contribution in [0.25, 0.3) is 0 Å². The number of thioether (sulfide) groups is 1. The van der Waals surface area contributed by atoms with Crippen LogP contribution in [0.15, 0.2) is 38.8 Å². The van der Waals surface area contributed by atoms with E-state index < -0.39 is 10.0 Å². The molecule has 0 bridgehead atoms. The Bertz CT molecular complexity index is 709. The van der Waals surface area contributed by atoms with Gasteiger partial charge < -0.3 is 0 Å². The molecule has 0 aliphatic carbocycles. The van der Waals surface area contributed by atoms with Crippen LogP contribution in [0, 0.1) is 0 Å². The lowest BCUT2D eigenvalue weighted by atomic mass is 10.2. The van der Waals surface area contributed by atoms with Crippen molar-refractivity contribution in [2.75, 3.05) is 13.3 Å². The summed E-state index contributed by atoms with van der Waals surface area (Å²) in [6.45, 7) is 0.286. The van der Waals surface area contributed by atoms with Crippen molar-refractivity contribution in [2.24, 2.45) is 7.05 Å². The van der Waals surface area contributed by atoms with Crippen LogP contribution in [0.4, 0.5) is 0 Å². The second-order valence-corrected chi connectivity index (χ2v) is 8.01. The SMILES string of the molecule is CSc1ccc(CN(C)S(=O)(=O)c2c(Br)nnn2C)cc1. The van der Waals surface area contributed by atoms with Crippen molar-refractivity contribution in [1.82, 2.24) is 19.3 Å². The van der Waals surface area contributed by atoms with Gasteiger partial charge in [0.2, 0.25) is 5.03 Å². The molecule has 0 unspecified atom stereocenters. The molecular weight excluding hydrogens is 376 g/mol. The molecule has 2 aromatic rings. The summed E-state index contributed by atoms with van der Waals surface area (Å²) in [6.07, 6.45) is 2.00. The fraction of sp³-hybridized carbons (Fsp3) is 0.333. The van der Waals surface area contributed by atoms with Gasteiger partial charge >= 0.3 is 0 Å². The van der Waals surface area contributed by atoms with Crippen LogP contribution in [0.3, 0.4) is 0 Å². The Morgan fingerprint density at radius 3 is 2.43 bits per heavy atom. The normalized spacial score (nSPS) is 12.0. The highest BCUT2D eigenvalue weighted by Crippen LogP contribution is 2.23. The predicted molar refractivity (Wildman–Crippen MR) is 85.6 cm³/mol. The first-order valence-corrected chi connectivity index (χ1v) is 9.46. The van der Waals surface area contributed by atoms with Crippen LogP contribution < -0.4 is 0 Å². The molecule has 2 rings (SSSR count). The highest BCUT2D eigenvalue weighted by atomic mass is 79.9. The van der Waals surface area contributed by atoms with Gasteiger partial charge in [0.15, 0.2) is 4.60 Å². The summed E-state index contributed by atoms with van der Waals surface area (Å²) < 4.78 is 27.8. The maximum Gasteiger partial charge on any atom is 0.263 e. The summed E-state index contributed by atoms with van der Waals surface area (Å²) in [5, 5.41) is 7.47. The smallest absolute Gasteiger partial charge is 0.235 e. The van der Waals surface area contributed by atoms with E-state index in [9.17, 15) is 8.42 Å². The van der Waals surface area contributed by atoms with E-state index in [1.807, 2.05) is 30.5 Å². The largest absolute Gasteiger partial charge is 0.263 e. The highest BCUT2D eigenvalue weighted by molar-refractivity contribution is 9.10. The zero-order chi connectivity index (χ0) is 15.6. The Morgan fingerprint density at radius 1 is 1.33 bits per heavy atom. The summed E-state index contributed by atoms with van der Waals surface area (Å²) in [4.78, 5) is 1.14. The zero-order valence-electron chi connectivity index (χ0n) is 11.8. The molecule has 6 nitrogen and oxygen atoms in total. The molecule has 0 saturated carbocycles. The van der Waals surface area contributed by atoms with Gasteiger partial charge in [-0.25, -0.2) is 13.1 Å². The molecule has 1 aromatic heterocycles. The van der Waals surface area contributed by atoms with Crippen LogP contribution in [0.1, 0.15) is 5.56 Å². The molecular formula is C12H15BrN4O2S2. The van der Waals surface area contributed by atoms with Gasteiger partial charge in [0, 0.05) is 25.5 Å². The molecule has 0 amide bonds. The van der Waals surface area contributed by atoms with Crippen molar-refractivity contribution in [1.29, 1.82) is 0 Å². The lowest BCUT2D eigenvalue weighted by Gasteiger charge is -2.17. The fourth-order valence-electron chi connectivity index (χ4n) is 1.82. The van der Waals surface area contributed by atoms with Gasteiger partial charge in [-0.3, -0.25) is 0 Å². The lowest BCUT2D eigenvalue weighted by Crippen LogP contribution is -2.28. The Kier molecular flexibility index (Phi) is 5.07. The van der Waals surface area contributed by atoms with Gasteiger partial charge in [-0.2, -0.15) is 4.31 Å². The van der Waals surface area contributed by atoms with Crippen molar-refractivity contribution < 1.29 is 8.42 Å². The van der Waals surface area contributed by atoms with Crippen molar-refractivity contribution in [3.63, 3.8) is 0 Å². The van der Waals surface area contributed by atoms with E-state index in [0.717, 1.165) is 10.5 Å². The van der Waals surface area contributed by atoms with Crippen LogP contribution in [-0.4, -0.2) is 41.0 Å². The van der Waals surface area contributed by atoms with E-state index in [1.165, 1.54) is 16.0 Å². The molecule has 0 spiro atoms. The van der Waals surface area contributed by atoms with E-state index in [2.05, 4.69) is 26.2 Å². The second-order valence-electron chi connectivity index (χ2n) is 4.42. The van der Waals surface area contributed by atoms with Gasteiger partial charge in [-0.1, -0.05) is 17.3 Å². The standard InChI is InChI=1S/C12H15BrN4O2S2/c1-16(8-9-4-6-10(20-3)7-5-9)21(18,19)12-11(13)14-15-17(12)2/h4-7H,8H2,1-3H3. The number of sulfonamides is 1. The first-order valence-electron chi connectivity index (χ1n) is 6.00. The minimum atomic E-state index is -3.65. The quantitative estimate of drug-likeness (QED) is 0.731. The van der Waals surface area contributed by atoms with Crippen molar-refractivity contribution in [2.45, 2.75) is 16.5 Å². The number of nitrogens with zero attached hydrogens (tertiary/aromatic N) is 4. The van der Waals surface area contributed by atoms with E-state index in [0.29, 0.717) is 0 Å². The number of hydrogen-bond acceptors (Lipinski definition) is 5. The minimum absolute atomic E-state index is 0.0470. The molecule has 0 fully saturated rings. The molecule has 0 atom stereocenters. The maximum atomic E-state index is 12.6. The summed E-state index contributed by atoms with van der Waals surface area (Å²) in [7, 11) is -0.565. The lowest BCUT2D eigenvalue weighted by molar-refractivity contribution is 0.456. The number of rotatable bonds is 5. The summed E-state index contributed by atoms with van der Waals surface area (Å²) in [6, 6.07) is 7.80. The van der Waals surface area contributed by atoms with E-state index in [4.69, 9.17) is 0 Å². The van der Waals surface area contributed by atoms with Crippen molar-refractivity contribution in [3.05, 3.63) is 34.4 Å². The fourth-order valence-corrected chi connectivity index (χ4v) is 4.41. The second kappa shape index (κ2) is 6.47. The molecule has 0 radical (unpaired) electrons. The molecule has 114 valence electrons. The molecule has 21 heavy (non-hydrogen) atoms. The van der Waals surface area contributed by atoms with Crippen molar-refractivity contribution in [3.8, 4) is 0 Å². The Labute approximate surface area is 136 Å². The zero-order valence-corrected chi connectivity index (χ0v) is 15.0. The number of benzene rings is 1. The van der Waals surface area contributed by atoms with E-state index >= 15 is 0 Å². The highest BCUT2D eigenvalue weighted by Gasteiger charge is 2.28. The number of hydrogen-bond donors (Lipinski definition) is 0. The number of halogens is 1. The van der Waals surface area contributed by atoms with E-state index in [1.54, 1.807) is 18.8 Å². The van der Waals surface area contributed by atoms with Gasteiger partial charge in [-0.05, 0) is 39.9 Å². The Balaban J connectivity index is 2.24. The third kappa shape index (κ3) is 3.47. The Hall–Kier alpha value is -0.900. The molecule has 0 N–H and O–H groups in total. The molecule has 1 aromatic carbocycles. The van der Waals surface area contributed by atoms with Crippen LogP contribution in [0.5, 0.6) is 0 Å². The summed E-state index contributed by atoms with van der Waals surface area (Å²) in [5.74, 6) is 0. The minimum Gasteiger partial charge on any atom is -0.235 e. The third-order valence-corrected chi connectivity index (χ3v) is 6.39. The maximum absolute atomic E-state index is 12.6. The summed E-state index contributed by atoms with van der Waals surface area (Å²) in [5.41, 5.74) is 0.921. The van der Waals surface area contributed by atoms with Crippen LogP contribution in [-0.2, 0) is 23.6 Å². The first-order chi connectivity index (χ1) is 9.86. The number of aryl methyl sites for hydroxylation is 1. The average Bonchev–Trinajstić information content (AvgIpc) is 2.79. The molecule has 0 aliphatic heterocycles. The van der Waals surface area contributed by atoms with Crippen molar-refractivity contribution >= 4 is 37.7 Å². The van der Waals surface area contributed by atoms with Gasteiger partial charge in [0.1, 0.15) is 0 Å². The van der Waals surface area contributed by atoms with Gasteiger partial charge in [0.05, 0.1) is 0 Å². The first kappa shape index (κ1) is 16.5. The van der Waals surface area contributed by atoms with Gasteiger partial charge in [0.25, 0.3) is 10.0 Å². The monoisotopic (exact) mass is 390 g/mol. The average molecular weight is 391 g/mol. The topological polar surface area (TPSA) is 68.1 Å². The van der Waals surface area contributed by atoms with Gasteiger partial charge in [-0.15, -0.1) is 16.9 Å².